The van der Waals surface area contributed by atoms with Gasteiger partial charge in [-0.2, -0.15) is 0 Å². The van der Waals surface area contributed by atoms with Gasteiger partial charge < -0.3 is 18.9 Å². The highest BCUT2D eigenvalue weighted by Crippen LogP contribution is 2.40. The Bertz CT molecular complexity index is 192. The van der Waals surface area contributed by atoms with Crippen LogP contribution in [0.3, 0.4) is 0 Å². The molecule has 88 valence electrons. The molecule has 0 amide bonds. The lowest BCUT2D eigenvalue weighted by Gasteiger charge is -2.50. The Morgan fingerprint density at radius 1 is 1.07 bits per heavy atom. The molecule has 0 saturated carbocycles. The molecular formula is C11H20O4. The summed E-state index contributed by atoms with van der Waals surface area (Å²) < 4.78 is 22.0. The molecule has 3 aliphatic rings. The summed E-state index contributed by atoms with van der Waals surface area (Å²) in [5.41, 5.74) is 0.0638. The van der Waals surface area contributed by atoms with E-state index in [9.17, 15) is 0 Å². The van der Waals surface area contributed by atoms with Gasteiger partial charge in [0.1, 0.15) is 0 Å². The molecule has 0 radical (unpaired) electrons. The van der Waals surface area contributed by atoms with Gasteiger partial charge in [0.2, 0.25) is 0 Å². The van der Waals surface area contributed by atoms with Gasteiger partial charge >= 0.3 is 0 Å². The van der Waals surface area contributed by atoms with Crippen LogP contribution in [-0.4, -0.2) is 39.5 Å². The molecule has 0 spiro atoms. The second kappa shape index (κ2) is 4.37. The molecule has 3 heterocycles. The van der Waals surface area contributed by atoms with E-state index in [0.717, 1.165) is 45.7 Å². The topological polar surface area (TPSA) is 36.9 Å². The maximum absolute atomic E-state index is 5.66. The first-order valence-corrected chi connectivity index (χ1v) is 5.59. The molecule has 15 heavy (non-hydrogen) atoms. The van der Waals surface area contributed by atoms with Crippen molar-refractivity contribution in [1.29, 1.82) is 0 Å². The fourth-order valence-electron chi connectivity index (χ4n) is 1.91. The number of hydrogen-bond donors (Lipinski definition) is 0. The summed E-state index contributed by atoms with van der Waals surface area (Å²) in [6.07, 6.45) is 2.82. The van der Waals surface area contributed by atoms with Crippen LogP contribution in [0.2, 0.25) is 0 Å². The maximum Gasteiger partial charge on any atom is 0.282 e. The highest BCUT2D eigenvalue weighted by Gasteiger charge is 2.49. The molecule has 3 aliphatic heterocycles. The third kappa shape index (κ3) is 2.50. The number of hydrogen-bond acceptors (Lipinski definition) is 4. The minimum atomic E-state index is -0.745. The molecule has 0 atom stereocenters. The average Bonchev–Trinajstić information content (AvgIpc) is 2.27. The molecular weight excluding hydrogens is 196 g/mol. The van der Waals surface area contributed by atoms with Gasteiger partial charge in [0.25, 0.3) is 5.97 Å². The number of methoxy groups -OCH3 is 1. The lowest BCUT2D eigenvalue weighted by atomic mass is 9.91. The van der Waals surface area contributed by atoms with E-state index >= 15 is 0 Å². The smallest absolute Gasteiger partial charge is 0.282 e. The number of unbranched alkanes of at least 4 members (excludes halogenated alkanes) is 1. The lowest BCUT2D eigenvalue weighted by Crippen LogP contribution is -2.58. The quantitative estimate of drug-likeness (QED) is 0.653. The van der Waals surface area contributed by atoms with Gasteiger partial charge in [-0.15, -0.1) is 0 Å². The van der Waals surface area contributed by atoms with Crippen molar-refractivity contribution in [2.45, 2.75) is 32.2 Å². The van der Waals surface area contributed by atoms with Crippen molar-refractivity contribution in [3.8, 4) is 0 Å². The number of rotatable bonds is 5. The molecule has 0 N–H and O–H groups in total. The summed E-state index contributed by atoms with van der Waals surface area (Å²) >= 11 is 0. The van der Waals surface area contributed by atoms with Crippen LogP contribution < -0.4 is 0 Å². The second-order valence-electron chi connectivity index (χ2n) is 4.81. The van der Waals surface area contributed by atoms with Crippen LogP contribution in [0, 0.1) is 5.41 Å². The molecule has 4 heteroatoms. The number of ether oxygens (including phenoxy) is 4. The Hall–Kier alpha value is -0.160. The molecule has 3 rings (SSSR count). The molecule has 2 bridgehead atoms. The number of fused-ring (bicyclic) bond motifs is 3. The normalized spacial score (nSPS) is 39.6. The third-order valence-corrected chi connectivity index (χ3v) is 3.00. The van der Waals surface area contributed by atoms with Crippen molar-refractivity contribution >= 4 is 0 Å². The van der Waals surface area contributed by atoms with Gasteiger partial charge in [0, 0.05) is 25.6 Å². The van der Waals surface area contributed by atoms with Crippen LogP contribution in [0.15, 0.2) is 0 Å². The average molecular weight is 216 g/mol. The summed E-state index contributed by atoms with van der Waals surface area (Å²) in [4.78, 5) is 0. The van der Waals surface area contributed by atoms with Gasteiger partial charge in [-0.25, -0.2) is 0 Å². The fourth-order valence-corrected chi connectivity index (χ4v) is 1.91. The van der Waals surface area contributed by atoms with E-state index in [2.05, 4.69) is 6.92 Å². The summed E-state index contributed by atoms with van der Waals surface area (Å²) in [6.45, 7) is 5.15. The van der Waals surface area contributed by atoms with E-state index in [1.165, 1.54) is 0 Å². The first kappa shape index (κ1) is 11.3. The molecule has 0 aromatic carbocycles. The van der Waals surface area contributed by atoms with Crippen molar-refractivity contribution in [1.82, 2.24) is 0 Å². The van der Waals surface area contributed by atoms with Crippen molar-refractivity contribution in [2.75, 3.05) is 33.5 Å². The van der Waals surface area contributed by atoms with Crippen LogP contribution in [0.5, 0.6) is 0 Å². The minimum Gasteiger partial charge on any atom is -0.385 e. The zero-order valence-corrected chi connectivity index (χ0v) is 9.58. The molecule has 0 aliphatic carbocycles. The van der Waals surface area contributed by atoms with Crippen molar-refractivity contribution < 1.29 is 18.9 Å². The van der Waals surface area contributed by atoms with Gasteiger partial charge in [-0.3, -0.25) is 0 Å². The highest BCUT2D eigenvalue weighted by molar-refractivity contribution is 4.84. The highest BCUT2D eigenvalue weighted by atomic mass is 16.9. The third-order valence-electron chi connectivity index (χ3n) is 3.00. The predicted molar refractivity (Wildman–Crippen MR) is 54.4 cm³/mol. The fraction of sp³-hybridized carbons (Fsp3) is 1.00. The predicted octanol–water partition coefficient (Wildman–Crippen LogP) is 1.54. The van der Waals surface area contributed by atoms with Crippen LogP contribution >= 0.6 is 0 Å². The first-order chi connectivity index (χ1) is 7.18. The van der Waals surface area contributed by atoms with E-state index < -0.39 is 5.97 Å². The molecule has 0 unspecified atom stereocenters. The largest absolute Gasteiger partial charge is 0.385 e. The van der Waals surface area contributed by atoms with Crippen LogP contribution in [0.4, 0.5) is 0 Å². The lowest BCUT2D eigenvalue weighted by molar-refractivity contribution is -0.467. The maximum atomic E-state index is 5.66. The SMILES string of the molecule is COCCCCC12OCC(C)(CO1)CO2. The van der Waals surface area contributed by atoms with Crippen molar-refractivity contribution in [3.05, 3.63) is 0 Å². The van der Waals surface area contributed by atoms with Crippen LogP contribution in [0.25, 0.3) is 0 Å². The van der Waals surface area contributed by atoms with E-state index in [4.69, 9.17) is 18.9 Å². The standard InChI is InChI=1S/C11H20O4/c1-10-7-13-11(14-8-10,15-9-10)5-3-4-6-12-2/h3-9H2,1-2H3. The molecule has 3 saturated heterocycles. The summed E-state index contributed by atoms with van der Waals surface area (Å²) in [7, 11) is 1.72. The Morgan fingerprint density at radius 2 is 1.67 bits per heavy atom. The van der Waals surface area contributed by atoms with Crippen LogP contribution in [0.1, 0.15) is 26.2 Å². The Balaban J connectivity index is 1.77. The van der Waals surface area contributed by atoms with Crippen molar-refractivity contribution in [2.24, 2.45) is 5.41 Å². The van der Waals surface area contributed by atoms with Gasteiger partial charge in [-0.1, -0.05) is 6.92 Å². The summed E-state index contributed by atoms with van der Waals surface area (Å²) in [6, 6.07) is 0. The van der Waals surface area contributed by atoms with E-state index in [1.807, 2.05) is 0 Å². The van der Waals surface area contributed by atoms with Gasteiger partial charge in [0.15, 0.2) is 0 Å². The van der Waals surface area contributed by atoms with Crippen LogP contribution in [-0.2, 0) is 18.9 Å². The van der Waals surface area contributed by atoms with Crippen molar-refractivity contribution in [3.63, 3.8) is 0 Å². The zero-order chi connectivity index (χ0) is 10.8. The molecule has 4 nitrogen and oxygen atoms in total. The molecule has 3 fully saturated rings. The molecule has 0 aromatic heterocycles. The van der Waals surface area contributed by atoms with Gasteiger partial charge in [0.05, 0.1) is 19.8 Å². The Kier molecular flexibility index (Phi) is 3.30. The van der Waals surface area contributed by atoms with E-state index in [1.54, 1.807) is 7.11 Å². The van der Waals surface area contributed by atoms with E-state index in [-0.39, 0.29) is 5.41 Å². The Labute approximate surface area is 90.8 Å². The monoisotopic (exact) mass is 216 g/mol. The molecule has 0 aromatic rings. The Morgan fingerprint density at radius 3 is 2.20 bits per heavy atom. The summed E-state index contributed by atoms with van der Waals surface area (Å²) in [5.74, 6) is -0.745. The first-order valence-electron chi connectivity index (χ1n) is 5.59. The van der Waals surface area contributed by atoms with Gasteiger partial charge in [-0.05, 0) is 12.8 Å². The van der Waals surface area contributed by atoms with E-state index in [0.29, 0.717) is 0 Å². The second-order valence-corrected chi connectivity index (χ2v) is 4.81. The minimum absolute atomic E-state index is 0.0638. The zero-order valence-electron chi connectivity index (χ0n) is 9.58. The summed E-state index contributed by atoms with van der Waals surface area (Å²) in [5, 5.41) is 0.